The van der Waals surface area contributed by atoms with Crippen molar-refractivity contribution in [2.24, 2.45) is 0 Å². The van der Waals surface area contributed by atoms with Crippen LogP contribution in [0.1, 0.15) is 25.3 Å². The highest BCUT2D eigenvalue weighted by atomic mass is 16.5. The van der Waals surface area contributed by atoms with Gasteiger partial charge in [-0.2, -0.15) is 0 Å². The van der Waals surface area contributed by atoms with Crippen molar-refractivity contribution in [2.75, 3.05) is 13.1 Å². The third kappa shape index (κ3) is 3.07. The van der Waals surface area contributed by atoms with E-state index in [-0.39, 0.29) is 5.97 Å². The zero-order chi connectivity index (χ0) is 11.4. The van der Waals surface area contributed by atoms with Crippen LogP contribution in [0.3, 0.4) is 0 Å². The fraction of sp³-hybridized carbons (Fsp3) is 0.462. The summed E-state index contributed by atoms with van der Waals surface area (Å²) in [6.45, 7) is 4.73. The molecule has 1 aromatic rings. The van der Waals surface area contributed by atoms with Crippen LogP contribution >= 0.6 is 0 Å². The second-order valence-electron chi connectivity index (χ2n) is 4.22. The SMILES string of the molecule is CC(=O)Oc1cccc(CN2CCCC2)c1. The average Bonchev–Trinajstić information content (AvgIpc) is 2.70. The Morgan fingerprint density at radius 1 is 1.38 bits per heavy atom. The summed E-state index contributed by atoms with van der Waals surface area (Å²) >= 11 is 0. The molecule has 0 spiro atoms. The van der Waals surface area contributed by atoms with Crippen LogP contribution in [0, 0.1) is 0 Å². The summed E-state index contributed by atoms with van der Waals surface area (Å²) in [5, 5.41) is 0. The van der Waals surface area contributed by atoms with Crippen molar-refractivity contribution in [3.63, 3.8) is 0 Å². The van der Waals surface area contributed by atoms with Crippen molar-refractivity contribution < 1.29 is 9.53 Å². The van der Waals surface area contributed by atoms with Crippen LogP contribution in [0.25, 0.3) is 0 Å². The standard InChI is InChI=1S/C13H17NO2/c1-11(15)16-13-6-4-5-12(9-13)10-14-7-2-3-8-14/h4-6,9H,2-3,7-8,10H2,1H3. The maximum absolute atomic E-state index is 10.8. The van der Waals surface area contributed by atoms with Crippen molar-refractivity contribution in [1.29, 1.82) is 0 Å². The molecule has 0 radical (unpaired) electrons. The molecular formula is C13H17NO2. The van der Waals surface area contributed by atoms with Crippen molar-refractivity contribution in [3.8, 4) is 5.75 Å². The first-order chi connectivity index (χ1) is 7.74. The molecule has 0 unspecified atom stereocenters. The van der Waals surface area contributed by atoms with Crippen molar-refractivity contribution in [3.05, 3.63) is 29.8 Å². The first kappa shape index (κ1) is 11.1. The molecule has 1 aromatic carbocycles. The minimum Gasteiger partial charge on any atom is -0.427 e. The molecule has 0 bridgehead atoms. The van der Waals surface area contributed by atoms with Crippen LogP contribution in [-0.2, 0) is 11.3 Å². The molecule has 3 nitrogen and oxygen atoms in total. The number of carbonyl (C=O) groups excluding carboxylic acids is 1. The van der Waals surface area contributed by atoms with E-state index >= 15 is 0 Å². The van der Waals surface area contributed by atoms with Gasteiger partial charge in [0.1, 0.15) is 5.75 Å². The first-order valence-corrected chi connectivity index (χ1v) is 5.74. The summed E-state index contributed by atoms with van der Waals surface area (Å²) in [5.74, 6) is 0.377. The molecule has 0 saturated carbocycles. The molecule has 1 heterocycles. The number of carbonyl (C=O) groups is 1. The van der Waals surface area contributed by atoms with Gasteiger partial charge in [-0.1, -0.05) is 12.1 Å². The number of rotatable bonds is 3. The Bertz CT molecular complexity index is 370. The maximum atomic E-state index is 10.8. The fourth-order valence-electron chi connectivity index (χ4n) is 2.07. The van der Waals surface area contributed by atoms with Gasteiger partial charge in [-0.25, -0.2) is 0 Å². The Labute approximate surface area is 96.0 Å². The first-order valence-electron chi connectivity index (χ1n) is 5.74. The molecule has 1 aliphatic heterocycles. The highest BCUT2D eigenvalue weighted by Crippen LogP contribution is 2.17. The quantitative estimate of drug-likeness (QED) is 0.576. The van der Waals surface area contributed by atoms with Crippen LogP contribution in [0.2, 0.25) is 0 Å². The summed E-state index contributed by atoms with van der Waals surface area (Å²) in [6, 6.07) is 7.77. The highest BCUT2D eigenvalue weighted by molar-refractivity contribution is 5.69. The molecule has 1 aliphatic rings. The Kier molecular flexibility index (Phi) is 3.57. The third-order valence-corrected chi connectivity index (χ3v) is 2.76. The van der Waals surface area contributed by atoms with Gasteiger partial charge in [-0.05, 0) is 43.6 Å². The number of likely N-dealkylation sites (tertiary alicyclic amines) is 1. The normalized spacial score (nSPS) is 16.3. The van der Waals surface area contributed by atoms with E-state index in [1.54, 1.807) is 0 Å². The molecule has 0 aliphatic carbocycles. The Morgan fingerprint density at radius 2 is 2.12 bits per heavy atom. The minimum absolute atomic E-state index is 0.265. The molecular weight excluding hydrogens is 202 g/mol. The van der Waals surface area contributed by atoms with E-state index in [1.165, 1.54) is 38.4 Å². The van der Waals surface area contributed by atoms with E-state index in [4.69, 9.17) is 4.74 Å². The smallest absolute Gasteiger partial charge is 0.308 e. The molecule has 0 N–H and O–H groups in total. The molecule has 16 heavy (non-hydrogen) atoms. The molecule has 1 saturated heterocycles. The van der Waals surface area contributed by atoms with E-state index in [0.717, 1.165) is 6.54 Å². The topological polar surface area (TPSA) is 29.5 Å². The second kappa shape index (κ2) is 5.12. The van der Waals surface area contributed by atoms with Crippen molar-refractivity contribution in [1.82, 2.24) is 4.90 Å². The van der Waals surface area contributed by atoms with Gasteiger partial charge in [0.25, 0.3) is 0 Å². The number of ether oxygens (including phenoxy) is 1. The van der Waals surface area contributed by atoms with Crippen LogP contribution in [0.5, 0.6) is 5.75 Å². The number of nitrogens with zero attached hydrogens (tertiary/aromatic N) is 1. The molecule has 0 amide bonds. The average molecular weight is 219 g/mol. The van der Waals surface area contributed by atoms with Gasteiger partial charge in [-0.3, -0.25) is 9.69 Å². The molecule has 0 atom stereocenters. The van der Waals surface area contributed by atoms with E-state index < -0.39 is 0 Å². The van der Waals surface area contributed by atoms with Gasteiger partial charge in [0, 0.05) is 13.5 Å². The molecule has 2 rings (SSSR count). The van der Waals surface area contributed by atoms with E-state index in [2.05, 4.69) is 11.0 Å². The Morgan fingerprint density at radius 3 is 2.81 bits per heavy atom. The zero-order valence-corrected chi connectivity index (χ0v) is 9.61. The lowest BCUT2D eigenvalue weighted by Gasteiger charge is -2.14. The van der Waals surface area contributed by atoms with Gasteiger partial charge in [0.2, 0.25) is 0 Å². The van der Waals surface area contributed by atoms with Crippen LogP contribution in [-0.4, -0.2) is 24.0 Å². The molecule has 3 heteroatoms. The maximum Gasteiger partial charge on any atom is 0.308 e. The highest BCUT2D eigenvalue weighted by Gasteiger charge is 2.11. The number of hydrogen-bond donors (Lipinski definition) is 0. The largest absolute Gasteiger partial charge is 0.427 e. The van der Waals surface area contributed by atoms with Crippen molar-refractivity contribution in [2.45, 2.75) is 26.3 Å². The predicted molar refractivity (Wildman–Crippen MR) is 62.3 cm³/mol. The third-order valence-electron chi connectivity index (χ3n) is 2.76. The summed E-state index contributed by atoms with van der Waals surface area (Å²) < 4.78 is 5.06. The molecule has 1 fully saturated rings. The predicted octanol–water partition coefficient (Wildman–Crippen LogP) is 2.21. The number of esters is 1. The lowest BCUT2D eigenvalue weighted by atomic mass is 10.2. The van der Waals surface area contributed by atoms with E-state index in [1.807, 2.05) is 18.2 Å². The van der Waals surface area contributed by atoms with Gasteiger partial charge in [0.15, 0.2) is 0 Å². The monoisotopic (exact) mass is 219 g/mol. The van der Waals surface area contributed by atoms with Gasteiger partial charge >= 0.3 is 5.97 Å². The van der Waals surface area contributed by atoms with E-state index in [9.17, 15) is 4.79 Å². The van der Waals surface area contributed by atoms with Crippen LogP contribution < -0.4 is 4.74 Å². The summed E-state index contributed by atoms with van der Waals surface area (Å²) in [4.78, 5) is 13.3. The van der Waals surface area contributed by atoms with E-state index in [0.29, 0.717) is 5.75 Å². The lowest BCUT2D eigenvalue weighted by Crippen LogP contribution is -2.18. The number of benzene rings is 1. The molecule has 0 aromatic heterocycles. The zero-order valence-electron chi connectivity index (χ0n) is 9.61. The Balaban J connectivity index is 2.00. The van der Waals surface area contributed by atoms with Crippen LogP contribution in [0.15, 0.2) is 24.3 Å². The van der Waals surface area contributed by atoms with Crippen LogP contribution in [0.4, 0.5) is 0 Å². The van der Waals surface area contributed by atoms with Gasteiger partial charge in [0.05, 0.1) is 0 Å². The van der Waals surface area contributed by atoms with Gasteiger partial charge in [-0.15, -0.1) is 0 Å². The fourth-order valence-corrected chi connectivity index (χ4v) is 2.07. The van der Waals surface area contributed by atoms with Gasteiger partial charge < -0.3 is 4.74 Å². The minimum atomic E-state index is -0.265. The number of hydrogen-bond acceptors (Lipinski definition) is 3. The molecule has 86 valence electrons. The Hall–Kier alpha value is -1.35. The summed E-state index contributed by atoms with van der Waals surface area (Å²) in [5.41, 5.74) is 1.21. The summed E-state index contributed by atoms with van der Waals surface area (Å²) in [7, 11) is 0. The van der Waals surface area contributed by atoms with Crippen molar-refractivity contribution >= 4 is 5.97 Å². The second-order valence-corrected chi connectivity index (χ2v) is 4.22. The summed E-state index contributed by atoms with van der Waals surface area (Å²) in [6.07, 6.45) is 2.59. The lowest BCUT2D eigenvalue weighted by molar-refractivity contribution is -0.131.